The van der Waals surface area contributed by atoms with E-state index in [1.54, 1.807) is 0 Å². The first-order valence-corrected chi connectivity index (χ1v) is 11.0. The van der Waals surface area contributed by atoms with E-state index in [0.717, 1.165) is 0 Å². The van der Waals surface area contributed by atoms with Crippen LogP contribution < -0.4 is 4.57 Å². The Bertz CT molecular complexity index is 1550. The van der Waals surface area contributed by atoms with Gasteiger partial charge in [0.1, 0.15) is 0 Å². The molecular weight excluding hydrogens is 386 g/mol. The second-order valence-electron chi connectivity index (χ2n) is 8.03. The molecule has 0 bridgehead atoms. The first-order valence-electron chi connectivity index (χ1n) is 11.0. The Kier molecular flexibility index (Phi) is 4.51. The number of aromatic nitrogens is 1. The third-order valence-electron chi connectivity index (χ3n) is 6.12. The molecule has 32 heavy (non-hydrogen) atoms. The smallest absolute Gasteiger partial charge is 0.152 e. The SMILES string of the molecule is c1ccc(-c2cc(-c3ccccc3)[n+](-c3cccc4ccccc34)c3ccccc23)cc1. The van der Waals surface area contributed by atoms with E-state index in [1.165, 1.54) is 49.7 Å². The summed E-state index contributed by atoms with van der Waals surface area (Å²) in [4.78, 5) is 0. The molecule has 0 aliphatic heterocycles. The van der Waals surface area contributed by atoms with Gasteiger partial charge in [-0.2, -0.15) is 4.57 Å². The van der Waals surface area contributed by atoms with Gasteiger partial charge >= 0.3 is 0 Å². The Labute approximate surface area is 187 Å². The molecule has 0 atom stereocenters. The van der Waals surface area contributed by atoms with Crippen LogP contribution in [0.15, 0.2) is 133 Å². The Hall–Kier alpha value is -4.23. The van der Waals surface area contributed by atoms with Gasteiger partial charge in [0.05, 0.1) is 10.8 Å². The van der Waals surface area contributed by atoms with Crippen LogP contribution >= 0.6 is 0 Å². The molecular formula is C31H22N+. The lowest BCUT2D eigenvalue weighted by molar-refractivity contribution is -0.553. The van der Waals surface area contributed by atoms with Crippen molar-refractivity contribution in [2.24, 2.45) is 0 Å². The predicted octanol–water partition coefficient (Wildman–Crippen LogP) is 7.60. The number of hydrogen-bond donors (Lipinski definition) is 0. The van der Waals surface area contributed by atoms with E-state index in [1.807, 2.05) is 0 Å². The summed E-state index contributed by atoms with van der Waals surface area (Å²) in [5, 5.41) is 3.73. The topological polar surface area (TPSA) is 3.88 Å². The van der Waals surface area contributed by atoms with Gasteiger partial charge in [0.2, 0.25) is 16.9 Å². The zero-order chi connectivity index (χ0) is 21.3. The zero-order valence-electron chi connectivity index (χ0n) is 17.6. The van der Waals surface area contributed by atoms with Gasteiger partial charge in [-0.15, -0.1) is 0 Å². The maximum absolute atomic E-state index is 2.42. The van der Waals surface area contributed by atoms with Crippen LogP contribution in [0.2, 0.25) is 0 Å². The van der Waals surface area contributed by atoms with Crippen molar-refractivity contribution in [1.82, 2.24) is 0 Å². The highest BCUT2D eigenvalue weighted by Crippen LogP contribution is 2.33. The summed E-state index contributed by atoms with van der Waals surface area (Å²) in [6.45, 7) is 0. The second kappa shape index (κ2) is 7.79. The quantitative estimate of drug-likeness (QED) is 0.265. The average molecular weight is 409 g/mol. The van der Waals surface area contributed by atoms with Gasteiger partial charge in [0, 0.05) is 29.3 Å². The summed E-state index contributed by atoms with van der Waals surface area (Å²) < 4.78 is 2.42. The molecule has 6 aromatic rings. The maximum atomic E-state index is 2.42. The number of fused-ring (bicyclic) bond motifs is 2. The summed E-state index contributed by atoms with van der Waals surface area (Å²) in [6.07, 6.45) is 0. The van der Waals surface area contributed by atoms with Crippen LogP contribution in [0.1, 0.15) is 0 Å². The number of benzene rings is 5. The number of pyridine rings is 1. The van der Waals surface area contributed by atoms with Crippen LogP contribution in [0.4, 0.5) is 0 Å². The third-order valence-corrected chi connectivity index (χ3v) is 6.12. The van der Waals surface area contributed by atoms with E-state index in [-0.39, 0.29) is 0 Å². The third kappa shape index (κ3) is 3.07. The predicted molar refractivity (Wildman–Crippen MR) is 134 cm³/mol. The summed E-state index contributed by atoms with van der Waals surface area (Å²) in [5.74, 6) is 0. The van der Waals surface area contributed by atoms with E-state index in [0.29, 0.717) is 0 Å². The van der Waals surface area contributed by atoms with Crippen molar-refractivity contribution in [3.63, 3.8) is 0 Å². The Balaban J connectivity index is 1.79. The van der Waals surface area contributed by atoms with Crippen LogP contribution in [0.5, 0.6) is 0 Å². The molecule has 0 spiro atoms. The number of para-hydroxylation sites is 1. The van der Waals surface area contributed by atoms with Crippen molar-refractivity contribution in [2.75, 3.05) is 0 Å². The van der Waals surface area contributed by atoms with Crippen molar-refractivity contribution < 1.29 is 4.57 Å². The van der Waals surface area contributed by atoms with Crippen LogP contribution in [-0.2, 0) is 0 Å². The van der Waals surface area contributed by atoms with Gasteiger partial charge in [-0.1, -0.05) is 91.0 Å². The van der Waals surface area contributed by atoms with E-state index in [2.05, 4.69) is 138 Å². The highest BCUT2D eigenvalue weighted by atomic mass is 15.0. The van der Waals surface area contributed by atoms with E-state index >= 15 is 0 Å². The van der Waals surface area contributed by atoms with Gasteiger partial charge in [-0.25, -0.2) is 0 Å². The minimum Gasteiger partial charge on any atom is -0.152 e. The van der Waals surface area contributed by atoms with E-state index in [9.17, 15) is 0 Å². The van der Waals surface area contributed by atoms with Crippen molar-refractivity contribution >= 4 is 21.7 Å². The summed E-state index contributed by atoms with van der Waals surface area (Å²) >= 11 is 0. The highest BCUT2D eigenvalue weighted by molar-refractivity contribution is 5.96. The Morgan fingerprint density at radius 3 is 1.81 bits per heavy atom. The summed E-state index contributed by atoms with van der Waals surface area (Å²) in [7, 11) is 0. The first-order chi connectivity index (χ1) is 15.9. The molecule has 1 aromatic heterocycles. The van der Waals surface area contributed by atoms with Gasteiger partial charge in [0.15, 0.2) is 0 Å². The standard InChI is InChI=1S/C31H22N/c1-3-12-24(13-4-1)28-22-31(25-15-5-2-6-16-25)32(30-20-10-9-19-27(28)30)29-21-11-17-23-14-7-8-18-26(23)29/h1-22H/q+1. The fourth-order valence-corrected chi connectivity index (χ4v) is 4.65. The summed E-state index contributed by atoms with van der Waals surface area (Å²) in [6, 6.07) is 47.6. The summed E-state index contributed by atoms with van der Waals surface area (Å²) in [5.41, 5.74) is 7.24. The Morgan fingerprint density at radius 1 is 0.438 bits per heavy atom. The minimum atomic E-state index is 1.18. The van der Waals surface area contributed by atoms with Gasteiger partial charge in [0.25, 0.3) is 0 Å². The van der Waals surface area contributed by atoms with Crippen LogP contribution in [0.3, 0.4) is 0 Å². The lowest BCUT2D eigenvalue weighted by Crippen LogP contribution is -2.35. The first kappa shape index (κ1) is 18.5. The fourth-order valence-electron chi connectivity index (χ4n) is 4.65. The van der Waals surface area contributed by atoms with Gasteiger partial charge in [-0.3, -0.25) is 0 Å². The molecule has 0 radical (unpaired) electrons. The molecule has 0 saturated carbocycles. The van der Waals surface area contributed by atoms with Crippen molar-refractivity contribution in [1.29, 1.82) is 0 Å². The lowest BCUT2D eigenvalue weighted by Gasteiger charge is -2.13. The van der Waals surface area contributed by atoms with E-state index in [4.69, 9.17) is 0 Å². The monoisotopic (exact) mass is 408 g/mol. The average Bonchev–Trinajstić information content (AvgIpc) is 2.88. The normalized spacial score (nSPS) is 11.1. The molecule has 0 saturated heterocycles. The fraction of sp³-hybridized carbons (Fsp3) is 0. The molecule has 0 aliphatic rings. The van der Waals surface area contributed by atoms with Crippen LogP contribution in [-0.4, -0.2) is 0 Å². The van der Waals surface area contributed by atoms with Crippen LogP contribution in [0.25, 0.3) is 49.7 Å². The zero-order valence-corrected chi connectivity index (χ0v) is 17.6. The molecule has 0 unspecified atom stereocenters. The van der Waals surface area contributed by atoms with Gasteiger partial charge in [-0.05, 0) is 35.2 Å². The molecule has 0 aliphatic carbocycles. The molecule has 5 aromatic carbocycles. The molecule has 1 heteroatoms. The number of nitrogens with zero attached hydrogens (tertiary/aromatic N) is 1. The lowest BCUT2D eigenvalue weighted by atomic mass is 9.97. The van der Waals surface area contributed by atoms with Crippen LogP contribution in [0, 0.1) is 0 Å². The van der Waals surface area contributed by atoms with Crippen molar-refractivity contribution in [3.8, 4) is 28.1 Å². The Morgan fingerprint density at radius 2 is 1.03 bits per heavy atom. The minimum absolute atomic E-state index is 1.18. The number of hydrogen-bond acceptors (Lipinski definition) is 0. The molecule has 6 rings (SSSR count). The molecule has 0 amide bonds. The van der Waals surface area contributed by atoms with E-state index < -0.39 is 0 Å². The number of rotatable bonds is 3. The molecule has 0 N–H and O–H groups in total. The largest absolute Gasteiger partial charge is 0.219 e. The van der Waals surface area contributed by atoms with Crippen molar-refractivity contribution in [2.45, 2.75) is 0 Å². The maximum Gasteiger partial charge on any atom is 0.219 e. The molecule has 0 fully saturated rings. The molecule has 150 valence electrons. The van der Waals surface area contributed by atoms with Gasteiger partial charge < -0.3 is 0 Å². The molecule has 1 heterocycles. The molecule has 1 nitrogen and oxygen atoms in total. The highest BCUT2D eigenvalue weighted by Gasteiger charge is 2.24. The van der Waals surface area contributed by atoms with Crippen molar-refractivity contribution in [3.05, 3.63) is 133 Å². The second-order valence-corrected chi connectivity index (χ2v) is 8.03.